The van der Waals surface area contributed by atoms with Gasteiger partial charge in [-0.15, -0.1) is 0 Å². The lowest BCUT2D eigenvalue weighted by molar-refractivity contribution is -0.120. The minimum absolute atomic E-state index is 0.000339. The second kappa shape index (κ2) is 5.22. The molecule has 4 rings (SSSR count). The van der Waals surface area contributed by atoms with E-state index in [-0.39, 0.29) is 11.8 Å². The number of fused-ring (bicyclic) bond motifs is 2. The molecule has 0 spiro atoms. The number of carbonyl (C=O) groups excluding carboxylic acids is 1. The third kappa shape index (κ3) is 2.40. The number of aryl methyl sites for hydroxylation is 3. The van der Waals surface area contributed by atoms with Gasteiger partial charge < -0.3 is 14.5 Å². The highest BCUT2D eigenvalue weighted by Crippen LogP contribution is 2.23. The average molecular weight is 309 g/mol. The maximum Gasteiger partial charge on any atom is 0.227 e. The maximum absolute atomic E-state index is 12.5. The summed E-state index contributed by atoms with van der Waals surface area (Å²) in [4.78, 5) is 21.2. The van der Waals surface area contributed by atoms with Gasteiger partial charge >= 0.3 is 0 Å². The van der Waals surface area contributed by atoms with Gasteiger partial charge in [-0.25, -0.2) is 9.97 Å². The van der Waals surface area contributed by atoms with Gasteiger partial charge in [-0.05, 0) is 31.5 Å². The Morgan fingerprint density at radius 2 is 2.26 bits per heavy atom. The van der Waals surface area contributed by atoms with Crippen LogP contribution in [-0.4, -0.2) is 25.0 Å². The van der Waals surface area contributed by atoms with E-state index in [4.69, 9.17) is 0 Å². The lowest BCUT2D eigenvalue weighted by atomic mass is 9.95. The fraction of sp³-hybridized carbons (Fsp3) is 0.353. The topological polar surface area (TPSA) is 64.7 Å². The van der Waals surface area contributed by atoms with Gasteiger partial charge in [0.15, 0.2) is 0 Å². The summed E-state index contributed by atoms with van der Waals surface area (Å²) in [7, 11) is 1.99. The third-order valence-electron chi connectivity index (χ3n) is 4.72. The molecule has 0 radical (unpaired) electrons. The van der Waals surface area contributed by atoms with E-state index >= 15 is 0 Å². The Labute approximate surface area is 134 Å². The number of rotatable bonds is 2. The molecule has 1 N–H and O–H groups in total. The molecule has 1 aliphatic heterocycles. The minimum Gasteiger partial charge on any atom is -0.335 e. The number of hydrogen-bond donors (Lipinski definition) is 1. The van der Waals surface area contributed by atoms with Crippen LogP contribution in [0.3, 0.4) is 0 Å². The molecule has 0 saturated carbocycles. The summed E-state index contributed by atoms with van der Waals surface area (Å²) in [5.74, 6) is 1.04. The van der Waals surface area contributed by atoms with Crippen molar-refractivity contribution < 1.29 is 4.79 Å². The Hall–Kier alpha value is -2.63. The fourth-order valence-electron chi connectivity index (χ4n) is 3.24. The van der Waals surface area contributed by atoms with Crippen LogP contribution in [0, 0.1) is 12.8 Å². The van der Waals surface area contributed by atoms with Gasteiger partial charge in [0.05, 0.1) is 17.4 Å². The van der Waals surface area contributed by atoms with E-state index in [0.29, 0.717) is 0 Å². The molecule has 3 heterocycles. The van der Waals surface area contributed by atoms with Crippen molar-refractivity contribution >= 4 is 22.6 Å². The first-order valence-corrected chi connectivity index (χ1v) is 7.85. The van der Waals surface area contributed by atoms with Gasteiger partial charge in [0.1, 0.15) is 5.82 Å². The number of imidazole rings is 2. The zero-order valence-electron chi connectivity index (χ0n) is 13.3. The number of nitrogens with zero attached hydrogens (tertiary/aromatic N) is 4. The van der Waals surface area contributed by atoms with Crippen molar-refractivity contribution in [2.45, 2.75) is 26.3 Å². The van der Waals surface area contributed by atoms with Gasteiger partial charge in [-0.1, -0.05) is 0 Å². The first kappa shape index (κ1) is 14.0. The summed E-state index contributed by atoms with van der Waals surface area (Å²) in [6.45, 7) is 2.83. The zero-order valence-corrected chi connectivity index (χ0v) is 13.3. The number of anilines is 1. The molecule has 23 heavy (non-hydrogen) atoms. The van der Waals surface area contributed by atoms with Crippen LogP contribution in [0.1, 0.15) is 17.9 Å². The van der Waals surface area contributed by atoms with Crippen molar-refractivity contribution in [2.24, 2.45) is 13.0 Å². The number of benzene rings is 1. The lowest BCUT2D eigenvalue weighted by Crippen LogP contribution is -2.29. The summed E-state index contributed by atoms with van der Waals surface area (Å²) in [5, 5.41) is 3.04. The molecule has 1 amide bonds. The second-order valence-corrected chi connectivity index (χ2v) is 6.18. The van der Waals surface area contributed by atoms with Crippen molar-refractivity contribution in [2.75, 3.05) is 5.32 Å². The van der Waals surface area contributed by atoms with E-state index in [1.807, 2.05) is 49.3 Å². The van der Waals surface area contributed by atoms with Crippen LogP contribution in [0.2, 0.25) is 0 Å². The van der Waals surface area contributed by atoms with Gasteiger partial charge in [0.2, 0.25) is 5.91 Å². The molecule has 1 aliphatic rings. The summed E-state index contributed by atoms with van der Waals surface area (Å²) >= 11 is 0. The van der Waals surface area contributed by atoms with Crippen LogP contribution < -0.4 is 5.32 Å². The molecular weight excluding hydrogens is 290 g/mol. The first-order valence-electron chi connectivity index (χ1n) is 7.85. The van der Waals surface area contributed by atoms with Gasteiger partial charge in [-0.2, -0.15) is 0 Å². The molecule has 0 fully saturated rings. The molecule has 2 aromatic heterocycles. The van der Waals surface area contributed by atoms with Crippen LogP contribution >= 0.6 is 0 Å². The third-order valence-corrected chi connectivity index (χ3v) is 4.72. The fourth-order valence-corrected chi connectivity index (χ4v) is 3.24. The van der Waals surface area contributed by atoms with E-state index in [1.54, 1.807) is 0 Å². The van der Waals surface area contributed by atoms with Crippen LogP contribution in [0.15, 0.2) is 30.7 Å². The molecule has 0 saturated heterocycles. The van der Waals surface area contributed by atoms with Crippen LogP contribution in [-0.2, 0) is 24.8 Å². The quantitative estimate of drug-likeness (QED) is 0.790. The number of nitrogens with one attached hydrogen (secondary N) is 1. The molecule has 3 aromatic rings. The van der Waals surface area contributed by atoms with Gasteiger partial charge in [0.25, 0.3) is 0 Å². The van der Waals surface area contributed by atoms with Crippen molar-refractivity contribution in [3.8, 4) is 0 Å². The number of amides is 1. The molecule has 1 unspecified atom stereocenters. The second-order valence-electron chi connectivity index (χ2n) is 6.18. The zero-order chi connectivity index (χ0) is 16.0. The Kier molecular flexibility index (Phi) is 3.18. The SMILES string of the molecule is Cc1nc2cc(NC(=O)C3CCn4cncc4C3)ccc2n1C. The Morgan fingerprint density at radius 3 is 3.13 bits per heavy atom. The van der Waals surface area contributed by atoms with Crippen molar-refractivity contribution in [1.29, 1.82) is 0 Å². The van der Waals surface area contributed by atoms with Gasteiger partial charge in [-0.3, -0.25) is 4.79 Å². The van der Waals surface area contributed by atoms with E-state index in [9.17, 15) is 4.79 Å². The van der Waals surface area contributed by atoms with Crippen LogP contribution in [0.4, 0.5) is 5.69 Å². The number of hydrogen-bond acceptors (Lipinski definition) is 3. The standard InChI is InChI=1S/C17H19N5O/c1-11-19-15-8-13(3-4-16(15)21(11)2)20-17(23)12-5-6-22-10-18-9-14(22)7-12/h3-4,8-10,12H,5-7H2,1-2H3,(H,20,23). The normalized spacial score (nSPS) is 17.2. The van der Waals surface area contributed by atoms with Crippen molar-refractivity contribution in [3.63, 3.8) is 0 Å². The molecule has 0 aliphatic carbocycles. The molecule has 1 aromatic carbocycles. The van der Waals surface area contributed by atoms with Crippen LogP contribution in [0.5, 0.6) is 0 Å². The first-order chi connectivity index (χ1) is 11.1. The number of aromatic nitrogens is 4. The highest BCUT2D eigenvalue weighted by Gasteiger charge is 2.25. The summed E-state index contributed by atoms with van der Waals surface area (Å²) < 4.78 is 4.16. The molecule has 6 nitrogen and oxygen atoms in total. The molecule has 0 bridgehead atoms. The smallest absolute Gasteiger partial charge is 0.227 e. The Morgan fingerprint density at radius 1 is 1.39 bits per heavy atom. The van der Waals surface area contributed by atoms with E-state index < -0.39 is 0 Å². The highest BCUT2D eigenvalue weighted by atomic mass is 16.1. The predicted molar refractivity (Wildman–Crippen MR) is 88.1 cm³/mol. The number of carbonyl (C=O) groups is 1. The van der Waals surface area contributed by atoms with E-state index in [2.05, 4.69) is 19.9 Å². The average Bonchev–Trinajstić information content (AvgIpc) is 3.11. The monoisotopic (exact) mass is 309 g/mol. The largest absolute Gasteiger partial charge is 0.335 e. The molecule has 118 valence electrons. The summed E-state index contributed by atoms with van der Waals surface area (Å²) in [5.41, 5.74) is 3.92. The molecule has 1 atom stereocenters. The Balaban J connectivity index is 1.53. The summed E-state index contributed by atoms with van der Waals surface area (Å²) in [6.07, 6.45) is 5.28. The van der Waals surface area contributed by atoms with Gasteiger partial charge in [0, 0.05) is 43.5 Å². The van der Waals surface area contributed by atoms with E-state index in [0.717, 1.165) is 47.6 Å². The lowest BCUT2D eigenvalue weighted by Gasteiger charge is -2.23. The molecule has 6 heteroatoms. The van der Waals surface area contributed by atoms with Crippen LogP contribution in [0.25, 0.3) is 11.0 Å². The summed E-state index contributed by atoms with van der Waals surface area (Å²) in [6, 6.07) is 5.88. The highest BCUT2D eigenvalue weighted by molar-refractivity contribution is 5.94. The molecular formula is C17H19N5O. The Bertz CT molecular complexity index is 892. The minimum atomic E-state index is 0.000339. The maximum atomic E-state index is 12.5. The van der Waals surface area contributed by atoms with Crippen molar-refractivity contribution in [3.05, 3.63) is 42.2 Å². The predicted octanol–water partition coefficient (Wildman–Crippen LogP) is 2.28. The van der Waals surface area contributed by atoms with E-state index in [1.165, 1.54) is 0 Å². The van der Waals surface area contributed by atoms with Crippen molar-refractivity contribution in [1.82, 2.24) is 19.1 Å².